The molecule has 1 aromatic rings. The van der Waals surface area contributed by atoms with Crippen LogP contribution in [0, 0.1) is 17.8 Å². The van der Waals surface area contributed by atoms with Crippen LogP contribution in [0.1, 0.15) is 37.0 Å². The van der Waals surface area contributed by atoms with Gasteiger partial charge in [-0.2, -0.15) is 0 Å². The van der Waals surface area contributed by atoms with Crippen molar-refractivity contribution in [2.24, 2.45) is 17.8 Å². The summed E-state index contributed by atoms with van der Waals surface area (Å²) in [6.07, 6.45) is 1.42. The molecule has 1 amide bonds. The van der Waals surface area contributed by atoms with E-state index in [1.54, 1.807) is 0 Å². The van der Waals surface area contributed by atoms with Gasteiger partial charge in [0.15, 0.2) is 0 Å². The zero-order valence-electron chi connectivity index (χ0n) is 12.7. The van der Waals surface area contributed by atoms with Gasteiger partial charge in [0.1, 0.15) is 0 Å². The molecule has 1 heterocycles. The Morgan fingerprint density at radius 2 is 2.00 bits per heavy atom. The third-order valence-electron chi connectivity index (χ3n) is 4.55. The van der Waals surface area contributed by atoms with Gasteiger partial charge in [0.25, 0.3) is 5.91 Å². The Balaban J connectivity index is 2.04. The number of carboxylic acid groups (broad SMARTS) is 1. The number of likely N-dealkylation sites (tertiary alicyclic amines) is 1. The van der Waals surface area contributed by atoms with Crippen LogP contribution in [0.25, 0.3) is 0 Å². The SMILES string of the molecule is CCC(C(=O)O)C1CCN(C(=O)c2ccccc2)CC1C. The van der Waals surface area contributed by atoms with Crippen molar-refractivity contribution in [3.05, 3.63) is 35.9 Å². The summed E-state index contributed by atoms with van der Waals surface area (Å²) < 4.78 is 0. The summed E-state index contributed by atoms with van der Waals surface area (Å²) >= 11 is 0. The van der Waals surface area contributed by atoms with Crippen LogP contribution in [0.4, 0.5) is 0 Å². The molecular formula is C17H23NO3. The zero-order valence-corrected chi connectivity index (χ0v) is 12.7. The van der Waals surface area contributed by atoms with E-state index < -0.39 is 5.97 Å². The molecule has 1 aliphatic heterocycles. The smallest absolute Gasteiger partial charge is 0.306 e. The van der Waals surface area contributed by atoms with Gasteiger partial charge in [-0.3, -0.25) is 9.59 Å². The minimum Gasteiger partial charge on any atom is -0.481 e. The van der Waals surface area contributed by atoms with Crippen molar-refractivity contribution in [1.29, 1.82) is 0 Å². The molecule has 0 aromatic heterocycles. The van der Waals surface area contributed by atoms with Crippen molar-refractivity contribution in [2.45, 2.75) is 26.7 Å². The molecule has 0 aliphatic carbocycles. The summed E-state index contributed by atoms with van der Waals surface area (Å²) in [6, 6.07) is 9.27. The third kappa shape index (κ3) is 3.43. The fourth-order valence-electron chi connectivity index (χ4n) is 3.37. The van der Waals surface area contributed by atoms with Crippen LogP contribution in [-0.2, 0) is 4.79 Å². The van der Waals surface area contributed by atoms with Crippen molar-refractivity contribution < 1.29 is 14.7 Å². The van der Waals surface area contributed by atoms with Crippen molar-refractivity contribution >= 4 is 11.9 Å². The minimum absolute atomic E-state index is 0.0456. The van der Waals surface area contributed by atoms with Crippen LogP contribution < -0.4 is 0 Å². The Morgan fingerprint density at radius 3 is 2.52 bits per heavy atom. The van der Waals surface area contributed by atoms with Gasteiger partial charge in [0.2, 0.25) is 0 Å². The van der Waals surface area contributed by atoms with E-state index in [0.29, 0.717) is 25.1 Å². The molecule has 4 nitrogen and oxygen atoms in total. The fourth-order valence-corrected chi connectivity index (χ4v) is 3.37. The Kier molecular flexibility index (Phi) is 4.99. The average Bonchev–Trinajstić information content (AvgIpc) is 2.49. The van der Waals surface area contributed by atoms with Crippen molar-refractivity contribution in [3.63, 3.8) is 0 Å². The van der Waals surface area contributed by atoms with Gasteiger partial charge in [-0.15, -0.1) is 0 Å². The van der Waals surface area contributed by atoms with Crippen LogP contribution in [0.2, 0.25) is 0 Å². The number of hydrogen-bond donors (Lipinski definition) is 1. The lowest BCUT2D eigenvalue weighted by molar-refractivity contribution is -0.145. The zero-order chi connectivity index (χ0) is 15.4. The molecule has 1 aliphatic rings. The molecule has 1 fully saturated rings. The summed E-state index contributed by atoms with van der Waals surface area (Å²) in [5.74, 6) is -0.588. The van der Waals surface area contributed by atoms with E-state index in [2.05, 4.69) is 6.92 Å². The van der Waals surface area contributed by atoms with Crippen LogP contribution >= 0.6 is 0 Å². The monoisotopic (exact) mass is 289 g/mol. The van der Waals surface area contributed by atoms with E-state index in [-0.39, 0.29) is 23.7 Å². The normalized spacial score (nSPS) is 23.6. The molecule has 4 heteroatoms. The Bertz CT molecular complexity index is 500. The third-order valence-corrected chi connectivity index (χ3v) is 4.55. The van der Waals surface area contributed by atoms with Crippen molar-refractivity contribution in [3.8, 4) is 0 Å². The lowest BCUT2D eigenvalue weighted by Crippen LogP contribution is -2.45. The van der Waals surface area contributed by atoms with Crippen molar-refractivity contribution in [1.82, 2.24) is 4.90 Å². The number of amides is 1. The van der Waals surface area contributed by atoms with Gasteiger partial charge in [-0.25, -0.2) is 0 Å². The van der Waals surface area contributed by atoms with Crippen LogP contribution in [0.15, 0.2) is 30.3 Å². The van der Waals surface area contributed by atoms with Gasteiger partial charge in [0, 0.05) is 18.7 Å². The summed E-state index contributed by atoms with van der Waals surface area (Å²) in [6.45, 7) is 5.27. The van der Waals surface area contributed by atoms with Gasteiger partial charge >= 0.3 is 5.97 Å². The lowest BCUT2D eigenvalue weighted by Gasteiger charge is -2.39. The van der Waals surface area contributed by atoms with Gasteiger partial charge in [-0.1, -0.05) is 32.0 Å². The van der Waals surface area contributed by atoms with Crippen molar-refractivity contribution in [2.75, 3.05) is 13.1 Å². The van der Waals surface area contributed by atoms with E-state index in [4.69, 9.17) is 0 Å². The summed E-state index contributed by atoms with van der Waals surface area (Å²) in [5, 5.41) is 9.32. The molecule has 114 valence electrons. The molecule has 1 saturated heterocycles. The first-order chi connectivity index (χ1) is 10.0. The summed E-state index contributed by atoms with van der Waals surface area (Å²) in [7, 11) is 0. The number of benzene rings is 1. The molecule has 0 radical (unpaired) electrons. The fraction of sp³-hybridized carbons (Fsp3) is 0.529. The minimum atomic E-state index is -0.711. The Labute approximate surface area is 125 Å². The number of carboxylic acids is 1. The van der Waals surface area contributed by atoms with E-state index in [1.807, 2.05) is 42.2 Å². The van der Waals surface area contributed by atoms with Crippen LogP contribution in [0.3, 0.4) is 0 Å². The first-order valence-corrected chi connectivity index (χ1v) is 7.61. The highest BCUT2D eigenvalue weighted by Crippen LogP contribution is 2.32. The maximum atomic E-state index is 12.4. The second-order valence-corrected chi connectivity index (χ2v) is 5.90. The first-order valence-electron chi connectivity index (χ1n) is 7.61. The quantitative estimate of drug-likeness (QED) is 0.927. The number of hydrogen-bond acceptors (Lipinski definition) is 2. The molecule has 21 heavy (non-hydrogen) atoms. The molecule has 0 spiro atoms. The Hall–Kier alpha value is -1.84. The lowest BCUT2D eigenvalue weighted by atomic mass is 9.76. The van der Waals surface area contributed by atoms with E-state index in [1.165, 1.54) is 0 Å². The second-order valence-electron chi connectivity index (χ2n) is 5.90. The van der Waals surface area contributed by atoms with Gasteiger partial charge in [0.05, 0.1) is 5.92 Å². The predicted octanol–water partition coefficient (Wildman–Crippen LogP) is 2.90. The molecule has 3 unspecified atom stereocenters. The number of piperidine rings is 1. The number of aliphatic carboxylic acids is 1. The highest BCUT2D eigenvalue weighted by molar-refractivity contribution is 5.94. The molecule has 0 bridgehead atoms. The van der Waals surface area contributed by atoms with Gasteiger partial charge < -0.3 is 10.0 Å². The number of carbonyl (C=O) groups is 2. The summed E-state index contributed by atoms with van der Waals surface area (Å²) in [4.78, 5) is 25.6. The summed E-state index contributed by atoms with van der Waals surface area (Å²) in [5.41, 5.74) is 0.702. The van der Waals surface area contributed by atoms with E-state index in [0.717, 1.165) is 6.42 Å². The molecule has 1 aromatic carbocycles. The number of rotatable bonds is 4. The highest BCUT2D eigenvalue weighted by atomic mass is 16.4. The maximum absolute atomic E-state index is 12.4. The van der Waals surface area contributed by atoms with Crippen LogP contribution in [0.5, 0.6) is 0 Å². The first kappa shape index (κ1) is 15.5. The standard InChI is InChI=1S/C17H23NO3/c1-3-14(17(20)21)15-9-10-18(11-12(15)2)16(19)13-7-5-4-6-8-13/h4-8,12,14-15H,3,9-11H2,1-2H3,(H,20,21). The van der Waals surface area contributed by atoms with Crippen LogP contribution in [-0.4, -0.2) is 35.0 Å². The molecular weight excluding hydrogens is 266 g/mol. The number of carbonyl (C=O) groups excluding carboxylic acids is 1. The molecule has 3 atom stereocenters. The van der Waals surface area contributed by atoms with E-state index in [9.17, 15) is 14.7 Å². The molecule has 1 N–H and O–H groups in total. The average molecular weight is 289 g/mol. The second kappa shape index (κ2) is 6.74. The maximum Gasteiger partial charge on any atom is 0.306 e. The predicted molar refractivity (Wildman–Crippen MR) is 81.0 cm³/mol. The molecule has 2 rings (SSSR count). The van der Waals surface area contributed by atoms with Gasteiger partial charge in [-0.05, 0) is 36.8 Å². The topological polar surface area (TPSA) is 57.6 Å². The highest BCUT2D eigenvalue weighted by Gasteiger charge is 2.36. The number of nitrogens with zero attached hydrogens (tertiary/aromatic N) is 1. The Morgan fingerprint density at radius 1 is 1.33 bits per heavy atom. The van der Waals surface area contributed by atoms with E-state index >= 15 is 0 Å². The largest absolute Gasteiger partial charge is 0.481 e. The molecule has 0 saturated carbocycles.